The number of rotatable bonds is 3. The predicted molar refractivity (Wildman–Crippen MR) is 93.4 cm³/mol. The molecular weight excluding hydrogens is 322 g/mol. The van der Waals surface area contributed by atoms with Gasteiger partial charge in [0.25, 0.3) is 11.4 Å². The highest BCUT2D eigenvalue weighted by Crippen LogP contribution is 2.31. The quantitative estimate of drug-likeness (QED) is 0.685. The third kappa shape index (κ3) is 2.77. The van der Waals surface area contributed by atoms with Crippen molar-refractivity contribution < 1.29 is 14.3 Å². The van der Waals surface area contributed by atoms with Crippen molar-refractivity contribution >= 4 is 16.9 Å². The van der Waals surface area contributed by atoms with Crippen molar-refractivity contribution in [1.82, 2.24) is 14.3 Å². The van der Waals surface area contributed by atoms with Gasteiger partial charge in [-0.05, 0) is 32.9 Å². The lowest BCUT2D eigenvalue weighted by molar-refractivity contribution is 0.102. The highest BCUT2D eigenvalue weighted by Gasteiger charge is 2.23. The van der Waals surface area contributed by atoms with Gasteiger partial charge < -0.3 is 14.0 Å². The number of aromatic nitrogens is 3. The molecule has 130 valence electrons. The van der Waals surface area contributed by atoms with Crippen LogP contribution in [0.3, 0.4) is 0 Å². The fourth-order valence-electron chi connectivity index (χ4n) is 3.02. The summed E-state index contributed by atoms with van der Waals surface area (Å²) in [5.41, 5.74) is 2.19. The van der Waals surface area contributed by atoms with Gasteiger partial charge in [0.2, 0.25) is 0 Å². The van der Waals surface area contributed by atoms with Crippen LogP contribution in [0.1, 0.15) is 18.3 Å². The maximum absolute atomic E-state index is 12.6. The van der Waals surface area contributed by atoms with E-state index < -0.39 is 6.16 Å². The first-order chi connectivity index (χ1) is 12.0. The van der Waals surface area contributed by atoms with Crippen LogP contribution in [0.25, 0.3) is 16.5 Å². The highest BCUT2D eigenvalue weighted by molar-refractivity contribution is 5.93. The fourth-order valence-corrected chi connectivity index (χ4v) is 3.02. The Labute approximate surface area is 144 Å². The lowest BCUT2D eigenvalue weighted by Crippen LogP contribution is -2.22. The Morgan fingerprint density at radius 1 is 1.12 bits per heavy atom. The molecule has 7 nitrogen and oxygen atoms in total. The normalized spacial score (nSPS) is 10.9. The van der Waals surface area contributed by atoms with Gasteiger partial charge >= 0.3 is 6.16 Å². The van der Waals surface area contributed by atoms with E-state index in [1.165, 1.54) is 11.7 Å². The van der Waals surface area contributed by atoms with Gasteiger partial charge in [0, 0.05) is 24.1 Å². The van der Waals surface area contributed by atoms with E-state index in [2.05, 4.69) is 5.10 Å². The number of fused-ring (bicyclic) bond motifs is 1. The summed E-state index contributed by atoms with van der Waals surface area (Å²) in [6.45, 7) is 5.60. The van der Waals surface area contributed by atoms with Gasteiger partial charge in [-0.3, -0.25) is 4.79 Å². The molecule has 2 heterocycles. The summed E-state index contributed by atoms with van der Waals surface area (Å²) in [7, 11) is 1.52. The molecule has 0 aliphatic rings. The summed E-state index contributed by atoms with van der Waals surface area (Å²) in [6.07, 6.45) is -0.848. The lowest BCUT2D eigenvalue weighted by atomic mass is 10.2. The van der Waals surface area contributed by atoms with Gasteiger partial charge in [0.15, 0.2) is 0 Å². The molecule has 0 aliphatic carbocycles. The number of ether oxygens (including phenoxy) is 2. The standard InChI is InChI=1S/C18H19N3O4/c1-5-24-18(23)25-16-14-11(2)21(13-9-7-6-8-10-13)12(3)15(14)17(22)20(4)19-16/h6-10H,5H2,1-4H3. The molecule has 0 aliphatic heterocycles. The van der Waals surface area contributed by atoms with Gasteiger partial charge in [0.05, 0.1) is 17.4 Å². The minimum absolute atomic E-state index is 0.0610. The summed E-state index contributed by atoms with van der Waals surface area (Å²) >= 11 is 0. The zero-order chi connectivity index (χ0) is 18.1. The molecule has 25 heavy (non-hydrogen) atoms. The van der Waals surface area contributed by atoms with Crippen LogP contribution < -0.4 is 10.3 Å². The Hall–Kier alpha value is -3.09. The minimum Gasteiger partial charge on any atom is -0.434 e. The second-order valence-corrected chi connectivity index (χ2v) is 5.61. The monoisotopic (exact) mass is 341 g/mol. The first kappa shape index (κ1) is 16.8. The predicted octanol–water partition coefficient (Wildman–Crippen LogP) is 2.88. The van der Waals surface area contributed by atoms with E-state index in [0.717, 1.165) is 17.1 Å². The number of aryl methyl sites for hydroxylation is 3. The number of para-hydroxylation sites is 1. The Kier molecular flexibility index (Phi) is 4.31. The van der Waals surface area contributed by atoms with Crippen LogP contribution >= 0.6 is 0 Å². The van der Waals surface area contributed by atoms with Gasteiger partial charge in [-0.2, -0.15) is 0 Å². The Morgan fingerprint density at radius 2 is 1.76 bits per heavy atom. The summed E-state index contributed by atoms with van der Waals surface area (Å²) in [4.78, 5) is 24.4. The molecule has 0 saturated carbocycles. The molecule has 0 fully saturated rings. The topological polar surface area (TPSA) is 75.3 Å². The van der Waals surface area contributed by atoms with Crippen LogP contribution in [0.4, 0.5) is 4.79 Å². The van der Waals surface area contributed by atoms with Crippen LogP contribution in [0.2, 0.25) is 0 Å². The molecule has 0 unspecified atom stereocenters. The molecule has 0 spiro atoms. The molecule has 3 aromatic rings. The molecule has 1 aromatic carbocycles. The third-order valence-electron chi connectivity index (χ3n) is 4.06. The van der Waals surface area contributed by atoms with Crippen LogP contribution in [0, 0.1) is 13.8 Å². The van der Waals surface area contributed by atoms with E-state index in [1.54, 1.807) is 6.92 Å². The van der Waals surface area contributed by atoms with Gasteiger partial charge in [0.1, 0.15) is 0 Å². The van der Waals surface area contributed by atoms with Crippen LogP contribution in [0.15, 0.2) is 35.1 Å². The number of hydrogen-bond acceptors (Lipinski definition) is 5. The molecule has 0 saturated heterocycles. The molecule has 0 radical (unpaired) electrons. The molecule has 3 rings (SSSR count). The molecule has 0 bridgehead atoms. The minimum atomic E-state index is -0.848. The van der Waals surface area contributed by atoms with Crippen molar-refractivity contribution in [2.45, 2.75) is 20.8 Å². The van der Waals surface area contributed by atoms with E-state index in [-0.39, 0.29) is 18.0 Å². The summed E-state index contributed by atoms with van der Waals surface area (Å²) < 4.78 is 13.2. The van der Waals surface area contributed by atoms with E-state index >= 15 is 0 Å². The smallest absolute Gasteiger partial charge is 0.434 e. The number of nitrogens with zero attached hydrogens (tertiary/aromatic N) is 3. The Bertz CT molecular complexity index is 1000. The van der Waals surface area contributed by atoms with Crippen LogP contribution in [0.5, 0.6) is 5.88 Å². The Morgan fingerprint density at radius 3 is 2.40 bits per heavy atom. The van der Waals surface area contributed by atoms with E-state index in [9.17, 15) is 9.59 Å². The first-order valence-electron chi connectivity index (χ1n) is 7.94. The van der Waals surface area contributed by atoms with Crippen molar-refractivity contribution in [2.75, 3.05) is 6.61 Å². The summed E-state index contributed by atoms with van der Waals surface area (Å²) in [5, 5.41) is 5.08. The first-order valence-corrected chi connectivity index (χ1v) is 7.94. The maximum Gasteiger partial charge on any atom is 0.515 e. The molecule has 0 amide bonds. The molecule has 2 aromatic heterocycles. The fraction of sp³-hybridized carbons (Fsp3) is 0.278. The van der Waals surface area contributed by atoms with Crippen molar-refractivity contribution in [3.05, 3.63) is 52.1 Å². The van der Waals surface area contributed by atoms with Crippen molar-refractivity contribution in [3.8, 4) is 11.6 Å². The SMILES string of the molecule is CCOC(=O)Oc1nn(C)c(=O)c2c(C)n(-c3ccccc3)c(C)c12. The van der Waals surface area contributed by atoms with Crippen molar-refractivity contribution in [3.63, 3.8) is 0 Å². The molecule has 0 atom stereocenters. The van der Waals surface area contributed by atoms with Crippen LogP contribution in [-0.2, 0) is 11.8 Å². The van der Waals surface area contributed by atoms with Gasteiger partial charge in [-0.15, -0.1) is 5.10 Å². The molecule has 0 N–H and O–H groups in total. The van der Waals surface area contributed by atoms with Crippen LogP contribution in [-0.4, -0.2) is 27.1 Å². The average molecular weight is 341 g/mol. The number of benzene rings is 1. The second kappa shape index (κ2) is 6.43. The summed E-state index contributed by atoms with van der Waals surface area (Å²) in [6, 6.07) is 9.66. The van der Waals surface area contributed by atoms with Crippen molar-refractivity contribution in [1.29, 1.82) is 0 Å². The van der Waals surface area contributed by atoms with E-state index in [4.69, 9.17) is 9.47 Å². The highest BCUT2D eigenvalue weighted by atomic mass is 16.7. The largest absolute Gasteiger partial charge is 0.515 e. The zero-order valence-electron chi connectivity index (χ0n) is 14.6. The number of hydrogen-bond donors (Lipinski definition) is 0. The van der Waals surface area contributed by atoms with Gasteiger partial charge in [-0.25, -0.2) is 9.48 Å². The molecular formula is C18H19N3O4. The average Bonchev–Trinajstić information content (AvgIpc) is 2.84. The number of carbonyl (C=O) groups excluding carboxylic acids is 1. The van der Waals surface area contributed by atoms with Gasteiger partial charge in [-0.1, -0.05) is 18.2 Å². The van der Waals surface area contributed by atoms with E-state index in [0.29, 0.717) is 10.8 Å². The molecule has 7 heteroatoms. The van der Waals surface area contributed by atoms with E-state index in [1.807, 2.05) is 48.7 Å². The Balaban J connectivity index is 2.32. The maximum atomic E-state index is 12.6. The second-order valence-electron chi connectivity index (χ2n) is 5.61. The number of carbonyl (C=O) groups is 1. The summed E-state index contributed by atoms with van der Waals surface area (Å²) in [5.74, 6) is 0.0610. The van der Waals surface area contributed by atoms with Crippen molar-refractivity contribution in [2.24, 2.45) is 7.05 Å². The third-order valence-corrected chi connectivity index (χ3v) is 4.06. The lowest BCUT2D eigenvalue weighted by Gasteiger charge is -2.09. The zero-order valence-corrected chi connectivity index (χ0v) is 14.6.